The summed E-state index contributed by atoms with van der Waals surface area (Å²) >= 11 is 2.89. The number of hydrogen-bond acceptors (Lipinski definition) is 7. The summed E-state index contributed by atoms with van der Waals surface area (Å²) < 4.78 is 9.07. The maximum absolute atomic E-state index is 11.9. The maximum Gasteiger partial charge on any atom is 0.345 e. The molecular formula is C12H15N3O2S2. The van der Waals surface area contributed by atoms with Gasteiger partial charge in [0, 0.05) is 11.9 Å². The molecule has 0 atom stereocenters. The van der Waals surface area contributed by atoms with Gasteiger partial charge in [-0.2, -0.15) is 4.37 Å². The lowest BCUT2D eigenvalue weighted by atomic mass is 10.3. The summed E-state index contributed by atoms with van der Waals surface area (Å²) in [6, 6.07) is 4.05. The van der Waals surface area contributed by atoms with E-state index in [-0.39, 0.29) is 5.82 Å². The fourth-order valence-corrected chi connectivity index (χ4v) is 3.17. The zero-order valence-electron chi connectivity index (χ0n) is 10.8. The number of carbonyl (C=O) groups excluding carboxylic acids is 1. The minimum Gasteiger partial charge on any atom is -0.462 e. The Bertz CT molecular complexity index is 551. The highest BCUT2D eigenvalue weighted by Crippen LogP contribution is 2.31. The van der Waals surface area contributed by atoms with Gasteiger partial charge in [0.05, 0.1) is 13.2 Å². The molecule has 2 aromatic heterocycles. The van der Waals surface area contributed by atoms with E-state index in [1.54, 1.807) is 18.3 Å². The third-order valence-electron chi connectivity index (χ3n) is 2.50. The van der Waals surface area contributed by atoms with Crippen LogP contribution in [0, 0.1) is 0 Å². The summed E-state index contributed by atoms with van der Waals surface area (Å²) in [7, 11) is 1.91. The molecule has 0 fully saturated rings. The van der Waals surface area contributed by atoms with Crippen LogP contribution in [0.2, 0.25) is 0 Å². The summed E-state index contributed by atoms with van der Waals surface area (Å²) in [6.45, 7) is 2.80. The highest BCUT2D eigenvalue weighted by molar-refractivity contribution is 7.11. The molecular weight excluding hydrogens is 282 g/mol. The van der Waals surface area contributed by atoms with Crippen molar-refractivity contribution < 1.29 is 9.53 Å². The van der Waals surface area contributed by atoms with Crippen LogP contribution >= 0.6 is 22.9 Å². The average Bonchev–Trinajstić information content (AvgIpc) is 2.98. The molecule has 0 radical (unpaired) electrons. The summed E-state index contributed by atoms with van der Waals surface area (Å²) in [5, 5.41) is 2.76. The van der Waals surface area contributed by atoms with Gasteiger partial charge in [0.2, 0.25) is 0 Å². The van der Waals surface area contributed by atoms with Gasteiger partial charge in [-0.15, -0.1) is 11.3 Å². The predicted molar refractivity (Wildman–Crippen MR) is 78.9 cm³/mol. The number of carbonyl (C=O) groups is 1. The van der Waals surface area contributed by atoms with Gasteiger partial charge >= 0.3 is 5.97 Å². The first-order chi connectivity index (χ1) is 9.13. The van der Waals surface area contributed by atoms with Crippen LogP contribution in [0.3, 0.4) is 0 Å². The average molecular weight is 297 g/mol. The Balaban J connectivity index is 2.22. The molecule has 2 heterocycles. The number of nitrogens with two attached hydrogens (primary N) is 1. The maximum atomic E-state index is 11.9. The number of nitrogen functional groups attached to an aromatic ring is 1. The Morgan fingerprint density at radius 2 is 2.37 bits per heavy atom. The monoisotopic (exact) mass is 297 g/mol. The topological polar surface area (TPSA) is 68.5 Å². The van der Waals surface area contributed by atoms with Crippen molar-refractivity contribution in [1.29, 1.82) is 0 Å². The van der Waals surface area contributed by atoms with Gasteiger partial charge < -0.3 is 15.4 Å². The van der Waals surface area contributed by atoms with E-state index < -0.39 is 5.97 Å². The number of nitrogens with zero attached hydrogens (tertiary/aromatic N) is 2. The Morgan fingerprint density at radius 3 is 3.00 bits per heavy atom. The molecule has 0 saturated heterocycles. The van der Waals surface area contributed by atoms with E-state index in [2.05, 4.69) is 10.4 Å². The van der Waals surface area contributed by atoms with E-state index in [1.807, 2.05) is 23.4 Å². The van der Waals surface area contributed by atoms with Crippen LogP contribution in [0.5, 0.6) is 0 Å². The molecule has 0 amide bonds. The number of rotatable bonds is 5. The van der Waals surface area contributed by atoms with Crippen molar-refractivity contribution in [1.82, 2.24) is 4.37 Å². The van der Waals surface area contributed by atoms with E-state index in [4.69, 9.17) is 10.5 Å². The molecule has 102 valence electrons. The van der Waals surface area contributed by atoms with Crippen molar-refractivity contribution in [3.05, 3.63) is 28.0 Å². The zero-order valence-corrected chi connectivity index (χ0v) is 12.4. The largest absolute Gasteiger partial charge is 0.462 e. The fraction of sp³-hybridized carbons (Fsp3) is 0.333. The zero-order chi connectivity index (χ0) is 13.8. The van der Waals surface area contributed by atoms with Crippen LogP contribution in [-0.2, 0) is 11.3 Å². The number of ether oxygens (including phenoxy) is 1. The number of anilines is 2. The molecule has 0 spiro atoms. The first kappa shape index (κ1) is 13.8. The van der Waals surface area contributed by atoms with Crippen LogP contribution in [0.15, 0.2) is 17.5 Å². The normalized spacial score (nSPS) is 10.4. The van der Waals surface area contributed by atoms with Crippen molar-refractivity contribution in [2.75, 3.05) is 24.3 Å². The highest BCUT2D eigenvalue weighted by Gasteiger charge is 2.23. The molecule has 7 heteroatoms. The van der Waals surface area contributed by atoms with Gasteiger partial charge in [0.1, 0.15) is 10.6 Å². The van der Waals surface area contributed by atoms with Gasteiger partial charge in [0.25, 0.3) is 0 Å². The van der Waals surface area contributed by atoms with Crippen LogP contribution < -0.4 is 10.6 Å². The van der Waals surface area contributed by atoms with E-state index in [1.165, 1.54) is 16.4 Å². The molecule has 2 N–H and O–H groups in total. The molecule has 0 unspecified atom stereocenters. The molecule has 2 rings (SSSR count). The van der Waals surface area contributed by atoms with Gasteiger partial charge in [0.15, 0.2) is 5.82 Å². The van der Waals surface area contributed by atoms with E-state index in [9.17, 15) is 4.79 Å². The standard InChI is InChI=1S/C12H15N3O2S2/c1-3-17-12(16)9-10(13)14-19-11(9)15(2)7-8-5-4-6-18-8/h4-6H,3,7H2,1-2H3,(H2,13,14). The van der Waals surface area contributed by atoms with Gasteiger partial charge in [-0.1, -0.05) is 6.07 Å². The predicted octanol–water partition coefficient (Wildman–Crippen LogP) is 2.60. The lowest BCUT2D eigenvalue weighted by Crippen LogP contribution is -2.18. The van der Waals surface area contributed by atoms with Crippen LogP contribution in [0.1, 0.15) is 22.2 Å². The Hall–Kier alpha value is -1.60. The quantitative estimate of drug-likeness (QED) is 0.859. The third kappa shape index (κ3) is 3.05. The number of esters is 1. The Kier molecular flexibility index (Phi) is 4.39. The first-order valence-corrected chi connectivity index (χ1v) is 7.44. The minimum absolute atomic E-state index is 0.233. The number of thiophene rings is 1. The van der Waals surface area contributed by atoms with Crippen molar-refractivity contribution in [3.8, 4) is 0 Å². The molecule has 19 heavy (non-hydrogen) atoms. The third-order valence-corrected chi connectivity index (χ3v) is 4.34. The van der Waals surface area contributed by atoms with Gasteiger partial charge in [-0.25, -0.2) is 4.79 Å². The summed E-state index contributed by atoms with van der Waals surface area (Å²) in [5.74, 6) is -0.182. The van der Waals surface area contributed by atoms with Gasteiger partial charge in [-0.05, 0) is 29.9 Å². The summed E-state index contributed by atoms with van der Waals surface area (Å²) in [6.07, 6.45) is 0. The van der Waals surface area contributed by atoms with Crippen molar-refractivity contribution >= 4 is 39.7 Å². The second-order valence-electron chi connectivity index (χ2n) is 3.90. The fourth-order valence-electron chi connectivity index (χ4n) is 1.66. The summed E-state index contributed by atoms with van der Waals surface area (Å²) in [5.41, 5.74) is 6.12. The van der Waals surface area contributed by atoms with Crippen molar-refractivity contribution in [2.45, 2.75) is 13.5 Å². The molecule has 0 aromatic carbocycles. The Labute approximate surface area is 119 Å². The van der Waals surface area contributed by atoms with Crippen LogP contribution in [0.4, 0.5) is 10.8 Å². The van der Waals surface area contributed by atoms with E-state index >= 15 is 0 Å². The van der Waals surface area contributed by atoms with E-state index in [0.29, 0.717) is 18.7 Å². The smallest absolute Gasteiger partial charge is 0.345 e. The van der Waals surface area contributed by atoms with Crippen molar-refractivity contribution in [2.24, 2.45) is 0 Å². The van der Waals surface area contributed by atoms with Crippen molar-refractivity contribution in [3.63, 3.8) is 0 Å². The van der Waals surface area contributed by atoms with Crippen LogP contribution in [-0.4, -0.2) is 24.0 Å². The molecule has 0 saturated carbocycles. The molecule has 5 nitrogen and oxygen atoms in total. The van der Waals surface area contributed by atoms with Gasteiger partial charge in [-0.3, -0.25) is 0 Å². The molecule has 0 aliphatic rings. The highest BCUT2D eigenvalue weighted by atomic mass is 32.1. The lowest BCUT2D eigenvalue weighted by molar-refractivity contribution is 0.0528. The van der Waals surface area contributed by atoms with E-state index in [0.717, 1.165) is 5.00 Å². The second-order valence-corrected chi connectivity index (χ2v) is 5.69. The second kappa shape index (κ2) is 6.03. The van der Waals surface area contributed by atoms with Crippen LogP contribution in [0.25, 0.3) is 0 Å². The first-order valence-electron chi connectivity index (χ1n) is 5.79. The molecule has 0 aliphatic carbocycles. The minimum atomic E-state index is -0.415. The Morgan fingerprint density at radius 1 is 1.58 bits per heavy atom. The molecule has 2 aromatic rings. The number of aromatic nitrogens is 1. The SMILES string of the molecule is CCOC(=O)c1c(N)nsc1N(C)Cc1cccs1. The lowest BCUT2D eigenvalue weighted by Gasteiger charge is -2.17. The molecule has 0 bridgehead atoms. The summed E-state index contributed by atoms with van der Waals surface area (Å²) in [4.78, 5) is 15.1. The number of hydrogen-bond donors (Lipinski definition) is 1. The molecule has 0 aliphatic heterocycles.